The number of nitrogens with one attached hydrogen (secondary N) is 1. The van der Waals surface area contributed by atoms with Gasteiger partial charge in [0.25, 0.3) is 10.0 Å². The predicted octanol–water partition coefficient (Wildman–Crippen LogP) is 2.28. The number of sulfonamides is 1. The summed E-state index contributed by atoms with van der Waals surface area (Å²) in [4.78, 5) is 24.4. The average Bonchev–Trinajstić information content (AvgIpc) is 3.07. The molecule has 32 heavy (non-hydrogen) atoms. The predicted molar refractivity (Wildman–Crippen MR) is 120 cm³/mol. The summed E-state index contributed by atoms with van der Waals surface area (Å²) < 4.78 is 60.5. The van der Waals surface area contributed by atoms with E-state index in [9.17, 15) is 26.6 Å². The SMILES string of the molecule is CC(=O)NCC1CN(c2ccc(C3=CCS(=O)(=NS(=O)(=O)C(C)C)CC3)c(F)c2)C(=O)O1. The van der Waals surface area contributed by atoms with E-state index in [1.54, 1.807) is 12.1 Å². The lowest BCUT2D eigenvalue weighted by atomic mass is 10.0. The van der Waals surface area contributed by atoms with E-state index in [1.165, 1.54) is 37.8 Å². The molecule has 2 aliphatic heterocycles. The van der Waals surface area contributed by atoms with Gasteiger partial charge in [0.05, 0.1) is 39.5 Å². The lowest BCUT2D eigenvalue weighted by Crippen LogP contribution is -2.33. The Hall–Kier alpha value is -2.47. The third kappa shape index (κ3) is 5.47. The second-order valence-corrected chi connectivity index (χ2v) is 12.8. The Morgan fingerprint density at radius 2 is 2.12 bits per heavy atom. The fourth-order valence-corrected chi connectivity index (χ4v) is 7.21. The number of hydrogen-bond acceptors (Lipinski definition) is 6. The molecule has 176 valence electrons. The molecule has 0 aliphatic carbocycles. The van der Waals surface area contributed by atoms with Gasteiger partial charge in [-0.3, -0.25) is 9.69 Å². The Kier molecular flexibility index (Phi) is 6.94. The van der Waals surface area contributed by atoms with E-state index < -0.39 is 43.0 Å². The van der Waals surface area contributed by atoms with E-state index in [4.69, 9.17) is 4.74 Å². The topological polar surface area (TPSA) is 122 Å². The van der Waals surface area contributed by atoms with Crippen LogP contribution in [-0.2, 0) is 29.3 Å². The molecule has 0 aromatic heterocycles. The number of carbonyl (C=O) groups is 2. The Balaban J connectivity index is 1.76. The van der Waals surface area contributed by atoms with Gasteiger partial charge in [0.15, 0.2) is 0 Å². The van der Waals surface area contributed by atoms with Crippen molar-refractivity contribution in [2.45, 2.75) is 38.5 Å². The molecule has 12 heteroatoms. The molecule has 1 aromatic rings. The highest BCUT2D eigenvalue weighted by Crippen LogP contribution is 2.31. The van der Waals surface area contributed by atoms with Gasteiger partial charge in [0.1, 0.15) is 11.9 Å². The number of rotatable bonds is 6. The average molecular weight is 488 g/mol. The van der Waals surface area contributed by atoms with Gasteiger partial charge in [-0.1, -0.05) is 6.08 Å². The lowest BCUT2D eigenvalue weighted by Gasteiger charge is -2.19. The van der Waals surface area contributed by atoms with Crippen LogP contribution in [0.2, 0.25) is 0 Å². The first-order valence-electron chi connectivity index (χ1n) is 10.1. The maximum atomic E-state index is 14.9. The number of ether oxygens (including phenoxy) is 1. The second-order valence-electron chi connectivity index (χ2n) is 7.98. The Bertz CT molecular complexity index is 1190. The highest BCUT2D eigenvalue weighted by molar-refractivity contribution is 8.03. The molecule has 2 aliphatic rings. The van der Waals surface area contributed by atoms with E-state index in [1.807, 2.05) is 0 Å². The van der Waals surface area contributed by atoms with Crippen LogP contribution in [0.4, 0.5) is 14.9 Å². The third-order valence-corrected chi connectivity index (χ3v) is 9.82. The number of hydrogen-bond donors (Lipinski definition) is 1. The molecule has 1 fully saturated rings. The third-order valence-electron chi connectivity index (χ3n) is 5.18. The van der Waals surface area contributed by atoms with Crippen LogP contribution in [0.25, 0.3) is 5.57 Å². The van der Waals surface area contributed by atoms with Gasteiger partial charge in [-0.15, -0.1) is 3.77 Å². The molecule has 9 nitrogen and oxygen atoms in total. The maximum Gasteiger partial charge on any atom is 0.414 e. The van der Waals surface area contributed by atoms with Gasteiger partial charge in [-0.05, 0) is 44.0 Å². The fourth-order valence-electron chi connectivity index (χ4n) is 3.30. The molecule has 0 spiro atoms. The van der Waals surface area contributed by atoms with Gasteiger partial charge in [0, 0.05) is 18.2 Å². The standard InChI is InChI=1S/C20H26FN3O6S2/c1-13(2)32(28,29)23-31(27)8-6-15(7-9-31)18-5-4-16(10-19(18)21)24-12-17(30-20(24)26)11-22-14(3)25/h4-6,10,13,17H,7-9,11-12H2,1-3H3,(H,22,25). The van der Waals surface area contributed by atoms with Crippen molar-refractivity contribution in [1.29, 1.82) is 0 Å². The number of allylic oxidation sites excluding steroid dienone is 1. The first-order valence-corrected chi connectivity index (χ1v) is 13.4. The first-order chi connectivity index (χ1) is 14.9. The zero-order valence-corrected chi connectivity index (χ0v) is 19.7. The molecule has 3 rings (SSSR count). The number of carbonyl (C=O) groups excluding carboxylic acids is 2. The van der Waals surface area contributed by atoms with Crippen molar-refractivity contribution < 1.29 is 31.3 Å². The highest BCUT2D eigenvalue weighted by Gasteiger charge is 2.33. The van der Waals surface area contributed by atoms with Gasteiger partial charge in [-0.2, -0.15) is 0 Å². The van der Waals surface area contributed by atoms with Crippen LogP contribution < -0.4 is 10.2 Å². The van der Waals surface area contributed by atoms with E-state index in [-0.39, 0.29) is 36.9 Å². The fraction of sp³-hybridized carbons (Fsp3) is 0.500. The van der Waals surface area contributed by atoms with Crippen LogP contribution in [0, 0.1) is 5.82 Å². The zero-order chi connectivity index (χ0) is 23.7. The summed E-state index contributed by atoms with van der Waals surface area (Å²) in [6.45, 7) is 4.65. The van der Waals surface area contributed by atoms with Crippen molar-refractivity contribution in [3.63, 3.8) is 0 Å². The minimum Gasteiger partial charge on any atom is -0.442 e. The smallest absolute Gasteiger partial charge is 0.414 e. The monoisotopic (exact) mass is 487 g/mol. The summed E-state index contributed by atoms with van der Waals surface area (Å²) in [5, 5.41) is 1.82. The molecule has 2 amide bonds. The van der Waals surface area contributed by atoms with Crippen molar-refractivity contribution in [2.24, 2.45) is 3.77 Å². The molecule has 2 unspecified atom stereocenters. The van der Waals surface area contributed by atoms with Gasteiger partial charge >= 0.3 is 6.09 Å². The summed E-state index contributed by atoms with van der Waals surface area (Å²) in [5.74, 6) is -0.852. The molecular weight excluding hydrogens is 461 g/mol. The van der Waals surface area contributed by atoms with Crippen LogP contribution in [0.5, 0.6) is 0 Å². The summed E-state index contributed by atoms with van der Waals surface area (Å²) in [6.07, 6.45) is 0.624. The first kappa shape index (κ1) is 24.2. The molecular formula is C20H26FN3O6S2. The molecule has 2 heterocycles. The lowest BCUT2D eigenvalue weighted by molar-refractivity contribution is -0.119. The van der Waals surface area contributed by atoms with Crippen LogP contribution in [0.15, 0.2) is 28.0 Å². The summed E-state index contributed by atoms with van der Waals surface area (Å²) >= 11 is 0. The molecule has 1 aromatic carbocycles. The van der Waals surface area contributed by atoms with Crippen LogP contribution in [-0.4, -0.2) is 60.6 Å². The summed E-state index contributed by atoms with van der Waals surface area (Å²) in [7, 11) is -6.76. The number of benzene rings is 1. The van der Waals surface area contributed by atoms with Crippen molar-refractivity contribution >= 4 is 43.0 Å². The number of amides is 2. The van der Waals surface area contributed by atoms with Crippen molar-refractivity contribution in [3.8, 4) is 0 Å². The number of nitrogens with zero attached hydrogens (tertiary/aromatic N) is 2. The highest BCUT2D eigenvalue weighted by atomic mass is 32.3. The molecule has 2 atom stereocenters. The van der Waals surface area contributed by atoms with Crippen molar-refractivity contribution in [3.05, 3.63) is 35.7 Å². The quantitative estimate of drug-likeness (QED) is 0.657. The Morgan fingerprint density at radius 3 is 2.69 bits per heavy atom. The van der Waals surface area contributed by atoms with E-state index in [0.29, 0.717) is 16.8 Å². The minimum atomic E-state index is -3.81. The zero-order valence-electron chi connectivity index (χ0n) is 18.0. The molecule has 1 saturated heterocycles. The summed E-state index contributed by atoms with van der Waals surface area (Å²) in [5.41, 5.74) is 1.22. The van der Waals surface area contributed by atoms with Crippen molar-refractivity contribution in [1.82, 2.24) is 5.32 Å². The number of cyclic esters (lactones) is 1. The van der Waals surface area contributed by atoms with Gasteiger partial charge < -0.3 is 10.1 Å². The molecule has 1 N–H and O–H groups in total. The van der Waals surface area contributed by atoms with E-state index >= 15 is 0 Å². The summed E-state index contributed by atoms with van der Waals surface area (Å²) in [6, 6.07) is 4.33. The van der Waals surface area contributed by atoms with Gasteiger partial charge in [0.2, 0.25) is 5.91 Å². The number of halogens is 1. The van der Waals surface area contributed by atoms with Crippen LogP contribution in [0.1, 0.15) is 32.8 Å². The van der Waals surface area contributed by atoms with Crippen LogP contribution >= 0.6 is 0 Å². The second kappa shape index (κ2) is 9.18. The minimum absolute atomic E-state index is 0.0231. The van der Waals surface area contributed by atoms with Gasteiger partial charge in [-0.25, -0.2) is 21.8 Å². The number of anilines is 1. The molecule has 0 saturated carbocycles. The van der Waals surface area contributed by atoms with E-state index in [2.05, 4.69) is 9.08 Å². The molecule has 0 radical (unpaired) electrons. The van der Waals surface area contributed by atoms with Crippen molar-refractivity contribution in [2.75, 3.05) is 29.5 Å². The van der Waals surface area contributed by atoms with E-state index in [0.717, 1.165) is 0 Å². The largest absolute Gasteiger partial charge is 0.442 e. The van der Waals surface area contributed by atoms with Crippen LogP contribution in [0.3, 0.4) is 0 Å². The Labute approximate surface area is 187 Å². The normalized spacial score (nSPS) is 23.7. The molecule has 0 bridgehead atoms. The maximum absolute atomic E-state index is 14.9. The Morgan fingerprint density at radius 1 is 1.41 bits per heavy atom.